The van der Waals surface area contributed by atoms with Gasteiger partial charge < -0.3 is 9.73 Å². The van der Waals surface area contributed by atoms with Gasteiger partial charge in [0.1, 0.15) is 0 Å². The Kier molecular flexibility index (Phi) is 6.11. The zero-order valence-corrected chi connectivity index (χ0v) is 18.5. The second-order valence-corrected chi connectivity index (χ2v) is 9.38. The summed E-state index contributed by atoms with van der Waals surface area (Å²) in [6.45, 7) is 2.39. The predicted octanol–water partition coefficient (Wildman–Crippen LogP) is 5.79. The molecule has 1 heterocycles. The highest BCUT2D eigenvalue weighted by Crippen LogP contribution is 2.35. The fraction of sp³-hybridized carbons (Fsp3) is 0.125. The minimum Gasteiger partial charge on any atom is -0.419 e. The van der Waals surface area contributed by atoms with Crippen LogP contribution in [0.25, 0.3) is 11.5 Å². The third-order valence-electron chi connectivity index (χ3n) is 4.83. The number of nitrogens with zero attached hydrogens (tertiary/aromatic N) is 1. The van der Waals surface area contributed by atoms with Crippen LogP contribution in [0.2, 0.25) is 5.02 Å². The number of halogens is 1. The summed E-state index contributed by atoms with van der Waals surface area (Å²) < 4.78 is 32.5. The molecule has 31 heavy (non-hydrogen) atoms. The van der Waals surface area contributed by atoms with Gasteiger partial charge in [-0.25, -0.2) is 8.42 Å². The zero-order chi connectivity index (χ0) is 21.8. The van der Waals surface area contributed by atoms with Crippen molar-refractivity contribution in [3.8, 4) is 11.5 Å². The molecular weight excluding hydrogens is 432 g/mol. The molecule has 0 aliphatic carbocycles. The number of aromatic nitrogens is 1. The minimum absolute atomic E-state index is 0.103. The van der Waals surface area contributed by atoms with Crippen molar-refractivity contribution >= 4 is 27.3 Å². The Bertz CT molecular complexity index is 1280. The maximum atomic E-state index is 13.3. The standard InChI is InChI=1S/C24H21ClN2O3S/c1-17-11-13-19(14-12-17)31(28,29)24-23(26-16-15-18-7-3-2-4-8-18)30-22(27-24)20-9-5-6-10-21(20)25/h2-14,26H,15-16H2,1H3. The molecule has 0 bridgehead atoms. The molecule has 0 saturated carbocycles. The molecular formula is C24H21ClN2O3S. The van der Waals surface area contributed by atoms with E-state index >= 15 is 0 Å². The molecule has 0 aliphatic rings. The Morgan fingerprint density at radius 1 is 0.935 bits per heavy atom. The summed E-state index contributed by atoms with van der Waals surface area (Å²) >= 11 is 6.28. The average Bonchev–Trinajstić information content (AvgIpc) is 3.20. The highest BCUT2D eigenvalue weighted by atomic mass is 35.5. The Morgan fingerprint density at radius 2 is 1.61 bits per heavy atom. The average molecular weight is 453 g/mol. The fourth-order valence-electron chi connectivity index (χ4n) is 3.14. The minimum atomic E-state index is -3.89. The number of nitrogens with one attached hydrogen (secondary N) is 1. The van der Waals surface area contributed by atoms with Crippen LogP contribution in [0.15, 0.2) is 93.2 Å². The van der Waals surface area contributed by atoms with Crippen molar-refractivity contribution < 1.29 is 12.8 Å². The lowest BCUT2D eigenvalue weighted by molar-refractivity contribution is 0.577. The van der Waals surface area contributed by atoms with Gasteiger partial charge in [-0.2, -0.15) is 4.98 Å². The largest absolute Gasteiger partial charge is 0.419 e. The first-order chi connectivity index (χ1) is 14.9. The summed E-state index contributed by atoms with van der Waals surface area (Å²) in [4.78, 5) is 4.49. The van der Waals surface area contributed by atoms with Gasteiger partial charge >= 0.3 is 0 Å². The number of hydrogen-bond donors (Lipinski definition) is 1. The molecule has 4 rings (SSSR count). The first-order valence-electron chi connectivity index (χ1n) is 9.80. The van der Waals surface area contributed by atoms with Gasteiger partial charge in [0, 0.05) is 6.54 Å². The lowest BCUT2D eigenvalue weighted by Gasteiger charge is -2.06. The van der Waals surface area contributed by atoms with E-state index in [0.717, 1.165) is 11.1 Å². The number of benzene rings is 3. The normalized spacial score (nSPS) is 11.4. The quantitative estimate of drug-likeness (QED) is 0.384. The number of rotatable bonds is 7. The summed E-state index contributed by atoms with van der Waals surface area (Å²) in [6, 6.07) is 23.6. The molecule has 0 spiro atoms. The van der Waals surface area contributed by atoms with Crippen LogP contribution in [0.4, 0.5) is 5.88 Å². The second kappa shape index (κ2) is 8.96. The third kappa shape index (κ3) is 4.65. The Labute approximate surface area is 186 Å². The summed E-state index contributed by atoms with van der Waals surface area (Å²) in [6.07, 6.45) is 0.701. The van der Waals surface area contributed by atoms with Crippen LogP contribution in [0.1, 0.15) is 11.1 Å². The van der Waals surface area contributed by atoms with Gasteiger partial charge in [0.15, 0.2) is 0 Å². The SMILES string of the molecule is Cc1ccc(S(=O)(=O)c2nc(-c3ccccc3Cl)oc2NCCc2ccccc2)cc1. The monoisotopic (exact) mass is 452 g/mol. The topological polar surface area (TPSA) is 72.2 Å². The third-order valence-corrected chi connectivity index (χ3v) is 6.84. The first kappa shape index (κ1) is 21.2. The van der Waals surface area contributed by atoms with E-state index in [1.165, 1.54) is 0 Å². The molecule has 0 saturated heterocycles. The van der Waals surface area contributed by atoms with Crippen molar-refractivity contribution in [1.29, 1.82) is 0 Å². The van der Waals surface area contributed by atoms with Crippen LogP contribution >= 0.6 is 11.6 Å². The maximum absolute atomic E-state index is 13.3. The van der Waals surface area contributed by atoms with E-state index in [4.69, 9.17) is 16.0 Å². The van der Waals surface area contributed by atoms with Gasteiger partial charge in [-0.15, -0.1) is 0 Å². The van der Waals surface area contributed by atoms with Crippen LogP contribution in [0, 0.1) is 6.92 Å². The van der Waals surface area contributed by atoms with Gasteiger partial charge in [-0.05, 0) is 43.2 Å². The molecule has 0 atom stereocenters. The molecule has 7 heteroatoms. The Hall–Kier alpha value is -3.09. The molecule has 0 amide bonds. The molecule has 1 N–H and O–H groups in total. The molecule has 0 aliphatic heterocycles. The molecule has 0 unspecified atom stereocenters. The predicted molar refractivity (Wildman–Crippen MR) is 122 cm³/mol. The van der Waals surface area contributed by atoms with Crippen molar-refractivity contribution in [2.75, 3.05) is 11.9 Å². The van der Waals surface area contributed by atoms with Gasteiger partial charge in [0.2, 0.25) is 26.6 Å². The van der Waals surface area contributed by atoms with E-state index in [0.29, 0.717) is 23.6 Å². The number of hydrogen-bond acceptors (Lipinski definition) is 5. The number of oxazole rings is 1. The molecule has 0 fully saturated rings. The van der Waals surface area contributed by atoms with E-state index in [1.807, 2.05) is 37.3 Å². The van der Waals surface area contributed by atoms with Gasteiger partial charge in [-0.1, -0.05) is 71.8 Å². The smallest absolute Gasteiger partial charge is 0.233 e. The molecule has 5 nitrogen and oxygen atoms in total. The van der Waals surface area contributed by atoms with Crippen molar-refractivity contribution in [3.05, 3.63) is 95.0 Å². The molecule has 0 radical (unpaired) electrons. The van der Waals surface area contributed by atoms with Crippen LogP contribution in [-0.4, -0.2) is 19.9 Å². The van der Waals surface area contributed by atoms with Gasteiger partial charge in [-0.3, -0.25) is 0 Å². The van der Waals surface area contributed by atoms with E-state index in [9.17, 15) is 8.42 Å². The van der Waals surface area contributed by atoms with E-state index in [2.05, 4.69) is 10.3 Å². The lowest BCUT2D eigenvalue weighted by Crippen LogP contribution is -2.09. The Balaban J connectivity index is 1.71. The molecule has 3 aromatic carbocycles. The summed E-state index contributed by atoms with van der Waals surface area (Å²) in [5.74, 6) is 0.255. The van der Waals surface area contributed by atoms with Crippen LogP contribution in [-0.2, 0) is 16.3 Å². The van der Waals surface area contributed by atoms with E-state index < -0.39 is 9.84 Å². The second-order valence-electron chi connectivity index (χ2n) is 7.11. The van der Waals surface area contributed by atoms with Crippen LogP contribution in [0.5, 0.6) is 0 Å². The van der Waals surface area contributed by atoms with Crippen molar-refractivity contribution in [3.63, 3.8) is 0 Å². The molecule has 158 valence electrons. The highest BCUT2D eigenvalue weighted by molar-refractivity contribution is 7.91. The van der Waals surface area contributed by atoms with E-state index in [1.54, 1.807) is 48.5 Å². The zero-order valence-electron chi connectivity index (χ0n) is 16.9. The lowest BCUT2D eigenvalue weighted by atomic mass is 10.1. The van der Waals surface area contributed by atoms with Crippen molar-refractivity contribution in [2.24, 2.45) is 0 Å². The number of sulfone groups is 1. The number of anilines is 1. The van der Waals surface area contributed by atoms with Crippen LogP contribution < -0.4 is 5.32 Å². The molecule has 4 aromatic rings. The van der Waals surface area contributed by atoms with E-state index in [-0.39, 0.29) is 21.7 Å². The Morgan fingerprint density at radius 3 is 2.32 bits per heavy atom. The maximum Gasteiger partial charge on any atom is 0.233 e. The van der Waals surface area contributed by atoms with Crippen molar-refractivity contribution in [2.45, 2.75) is 23.3 Å². The number of aryl methyl sites for hydroxylation is 1. The van der Waals surface area contributed by atoms with Crippen molar-refractivity contribution in [1.82, 2.24) is 4.98 Å². The fourth-order valence-corrected chi connectivity index (χ4v) is 4.64. The summed E-state index contributed by atoms with van der Waals surface area (Å²) in [5, 5.41) is 3.38. The van der Waals surface area contributed by atoms with Gasteiger partial charge in [0.25, 0.3) is 0 Å². The summed E-state index contributed by atoms with van der Waals surface area (Å²) in [5.41, 5.74) is 2.63. The summed E-state index contributed by atoms with van der Waals surface area (Å²) in [7, 11) is -3.89. The molecule has 1 aromatic heterocycles. The first-order valence-corrected chi connectivity index (χ1v) is 11.7. The van der Waals surface area contributed by atoms with Crippen LogP contribution in [0.3, 0.4) is 0 Å². The highest BCUT2D eigenvalue weighted by Gasteiger charge is 2.29. The van der Waals surface area contributed by atoms with Gasteiger partial charge in [0.05, 0.1) is 15.5 Å².